The summed E-state index contributed by atoms with van der Waals surface area (Å²) in [5.74, 6) is -0.0421. The molecule has 1 aliphatic heterocycles. The Morgan fingerprint density at radius 1 is 1.26 bits per heavy atom. The van der Waals surface area contributed by atoms with Crippen molar-refractivity contribution in [3.8, 4) is 0 Å². The number of ether oxygens (including phenoxy) is 1. The van der Waals surface area contributed by atoms with Gasteiger partial charge < -0.3 is 20.7 Å². The molecule has 2 atom stereocenters. The molecule has 0 saturated carbocycles. The standard InChI is InChI=1S/C16H28N4O3/c1-17-15(21)14-5-3-2-4-13(14)12-23-16(22)19-8-11-20-9-6-18-7-10-20/h2-3,13-14,18H,4-12H2,1H3,(H,17,21)(H,19,22). The number of hydrogen-bond donors (Lipinski definition) is 3. The largest absolute Gasteiger partial charge is 0.449 e. The van der Waals surface area contributed by atoms with E-state index in [1.54, 1.807) is 7.05 Å². The number of carbonyl (C=O) groups is 2. The first kappa shape index (κ1) is 17.7. The first-order chi connectivity index (χ1) is 11.2. The fourth-order valence-corrected chi connectivity index (χ4v) is 3.05. The van der Waals surface area contributed by atoms with Crippen LogP contribution in [0.1, 0.15) is 12.8 Å². The first-order valence-electron chi connectivity index (χ1n) is 8.41. The zero-order valence-corrected chi connectivity index (χ0v) is 13.8. The number of hydrogen-bond acceptors (Lipinski definition) is 5. The van der Waals surface area contributed by atoms with E-state index in [0.29, 0.717) is 13.0 Å². The van der Waals surface area contributed by atoms with Crippen LogP contribution in [0.15, 0.2) is 12.2 Å². The van der Waals surface area contributed by atoms with Gasteiger partial charge in [-0.3, -0.25) is 9.69 Å². The molecule has 2 rings (SSSR count). The molecule has 1 saturated heterocycles. The summed E-state index contributed by atoms with van der Waals surface area (Å²) in [5.41, 5.74) is 0. The molecule has 0 aromatic heterocycles. The van der Waals surface area contributed by atoms with Gasteiger partial charge in [-0.15, -0.1) is 0 Å². The maximum absolute atomic E-state index is 11.9. The number of amides is 2. The third-order valence-electron chi connectivity index (χ3n) is 4.48. The lowest BCUT2D eigenvalue weighted by molar-refractivity contribution is -0.126. The van der Waals surface area contributed by atoms with Crippen LogP contribution in [0.3, 0.4) is 0 Å². The van der Waals surface area contributed by atoms with Gasteiger partial charge in [0.25, 0.3) is 0 Å². The summed E-state index contributed by atoms with van der Waals surface area (Å²) in [7, 11) is 1.64. The molecule has 7 nitrogen and oxygen atoms in total. The topological polar surface area (TPSA) is 82.7 Å². The van der Waals surface area contributed by atoms with Crippen LogP contribution in [0.25, 0.3) is 0 Å². The minimum absolute atomic E-state index is 0.0158. The van der Waals surface area contributed by atoms with Gasteiger partial charge in [-0.1, -0.05) is 12.2 Å². The molecule has 0 radical (unpaired) electrons. The van der Waals surface area contributed by atoms with E-state index < -0.39 is 6.09 Å². The highest BCUT2D eigenvalue weighted by molar-refractivity contribution is 5.79. The number of alkyl carbamates (subject to hydrolysis) is 1. The summed E-state index contributed by atoms with van der Waals surface area (Å²) in [6, 6.07) is 0. The zero-order chi connectivity index (χ0) is 16.5. The van der Waals surface area contributed by atoms with E-state index in [-0.39, 0.29) is 24.3 Å². The number of nitrogens with one attached hydrogen (secondary N) is 3. The van der Waals surface area contributed by atoms with Crippen LogP contribution in [0.5, 0.6) is 0 Å². The lowest BCUT2D eigenvalue weighted by Crippen LogP contribution is -2.46. The number of piperazine rings is 1. The smallest absolute Gasteiger partial charge is 0.407 e. The van der Waals surface area contributed by atoms with Crippen LogP contribution in [0.4, 0.5) is 4.79 Å². The Morgan fingerprint density at radius 3 is 2.74 bits per heavy atom. The van der Waals surface area contributed by atoms with Crippen molar-refractivity contribution in [3.63, 3.8) is 0 Å². The average molecular weight is 324 g/mol. The molecule has 0 bridgehead atoms. The third-order valence-corrected chi connectivity index (χ3v) is 4.48. The van der Waals surface area contributed by atoms with Gasteiger partial charge in [0, 0.05) is 58.2 Å². The van der Waals surface area contributed by atoms with Crippen molar-refractivity contribution in [2.24, 2.45) is 11.8 Å². The van der Waals surface area contributed by atoms with Crippen LogP contribution in [-0.4, -0.2) is 69.8 Å². The van der Waals surface area contributed by atoms with Crippen molar-refractivity contribution in [2.45, 2.75) is 12.8 Å². The Hall–Kier alpha value is -1.60. The van der Waals surface area contributed by atoms with Crippen molar-refractivity contribution in [1.29, 1.82) is 0 Å². The van der Waals surface area contributed by atoms with Crippen molar-refractivity contribution < 1.29 is 14.3 Å². The SMILES string of the molecule is CNC(=O)C1CC=CCC1COC(=O)NCCN1CCNCC1. The van der Waals surface area contributed by atoms with Gasteiger partial charge in [-0.2, -0.15) is 0 Å². The van der Waals surface area contributed by atoms with Crippen LogP contribution in [-0.2, 0) is 9.53 Å². The molecule has 0 aromatic rings. The monoisotopic (exact) mass is 324 g/mol. The first-order valence-corrected chi connectivity index (χ1v) is 8.41. The fraction of sp³-hybridized carbons (Fsp3) is 0.750. The maximum Gasteiger partial charge on any atom is 0.407 e. The summed E-state index contributed by atoms with van der Waals surface area (Å²) < 4.78 is 5.30. The zero-order valence-electron chi connectivity index (χ0n) is 13.8. The molecule has 2 unspecified atom stereocenters. The average Bonchev–Trinajstić information content (AvgIpc) is 2.60. The van der Waals surface area contributed by atoms with Gasteiger partial charge >= 0.3 is 6.09 Å². The maximum atomic E-state index is 11.9. The van der Waals surface area contributed by atoms with Gasteiger partial charge in [-0.05, 0) is 12.8 Å². The predicted molar refractivity (Wildman–Crippen MR) is 88.1 cm³/mol. The lowest BCUT2D eigenvalue weighted by Gasteiger charge is -2.27. The van der Waals surface area contributed by atoms with Crippen LogP contribution >= 0.6 is 0 Å². The summed E-state index contributed by atoms with van der Waals surface area (Å²) in [5, 5.41) is 8.77. The Kier molecular flexibility index (Phi) is 7.35. The van der Waals surface area contributed by atoms with Crippen molar-refractivity contribution >= 4 is 12.0 Å². The molecule has 0 spiro atoms. The second-order valence-electron chi connectivity index (χ2n) is 6.04. The molecule has 3 N–H and O–H groups in total. The van der Waals surface area contributed by atoms with E-state index in [1.165, 1.54) is 0 Å². The highest BCUT2D eigenvalue weighted by atomic mass is 16.5. The summed E-state index contributed by atoms with van der Waals surface area (Å²) >= 11 is 0. The molecular weight excluding hydrogens is 296 g/mol. The number of carbonyl (C=O) groups excluding carboxylic acids is 2. The van der Waals surface area contributed by atoms with E-state index >= 15 is 0 Å². The second-order valence-corrected chi connectivity index (χ2v) is 6.04. The molecule has 7 heteroatoms. The lowest BCUT2D eigenvalue weighted by atomic mass is 9.83. The second kappa shape index (κ2) is 9.52. The Labute approximate surface area is 137 Å². The highest BCUT2D eigenvalue weighted by Crippen LogP contribution is 2.26. The molecule has 1 fully saturated rings. The van der Waals surface area contributed by atoms with Gasteiger partial charge in [0.1, 0.15) is 0 Å². The van der Waals surface area contributed by atoms with Crippen molar-refractivity contribution in [2.75, 3.05) is 52.9 Å². The molecule has 1 heterocycles. The molecular formula is C16H28N4O3. The number of allylic oxidation sites excluding steroid dienone is 2. The minimum Gasteiger partial charge on any atom is -0.449 e. The summed E-state index contributed by atoms with van der Waals surface area (Å²) in [6.45, 7) is 5.73. The van der Waals surface area contributed by atoms with E-state index in [1.807, 2.05) is 6.08 Å². The number of rotatable bonds is 6. The highest BCUT2D eigenvalue weighted by Gasteiger charge is 2.29. The Morgan fingerprint density at radius 2 is 2.00 bits per heavy atom. The molecule has 1 aliphatic carbocycles. The van der Waals surface area contributed by atoms with Crippen LogP contribution < -0.4 is 16.0 Å². The summed E-state index contributed by atoms with van der Waals surface area (Å²) in [4.78, 5) is 26.0. The molecule has 130 valence electrons. The van der Waals surface area contributed by atoms with E-state index in [2.05, 4.69) is 26.9 Å². The van der Waals surface area contributed by atoms with Crippen molar-refractivity contribution in [1.82, 2.24) is 20.9 Å². The molecule has 2 aliphatic rings. The number of nitrogens with zero attached hydrogens (tertiary/aromatic N) is 1. The fourth-order valence-electron chi connectivity index (χ4n) is 3.05. The normalized spacial score (nSPS) is 24.9. The molecule has 0 aromatic carbocycles. The third kappa shape index (κ3) is 5.84. The predicted octanol–water partition coefficient (Wildman–Crippen LogP) is -0.0538. The van der Waals surface area contributed by atoms with E-state index in [9.17, 15) is 9.59 Å². The molecule has 23 heavy (non-hydrogen) atoms. The van der Waals surface area contributed by atoms with Crippen molar-refractivity contribution in [3.05, 3.63) is 12.2 Å². The van der Waals surface area contributed by atoms with Crippen LogP contribution in [0, 0.1) is 11.8 Å². The Balaban J connectivity index is 1.64. The van der Waals surface area contributed by atoms with E-state index in [0.717, 1.165) is 39.1 Å². The Bertz CT molecular complexity index is 422. The van der Waals surface area contributed by atoms with Gasteiger partial charge in [0.15, 0.2) is 0 Å². The summed E-state index contributed by atoms with van der Waals surface area (Å²) in [6.07, 6.45) is 5.15. The van der Waals surface area contributed by atoms with E-state index in [4.69, 9.17) is 4.74 Å². The molecule has 2 amide bonds. The minimum atomic E-state index is -0.398. The van der Waals surface area contributed by atoms with Crippen LogP contribution in [0.2, 0.25) is 0 Å². The van der Waals surface area contributed by atoms with Gasteiger partial charge in [0.05, 0.1) is 6.61 Å². The quantitative estimate of drug-likeness (QED) is 0.597. The van der Waals surface area contributed by atoms with Gasteiger partial charge in [-0.25, -0.2) is 4.79 Å². The van der Waals surface area contributed by atoms with Gasteiger partial charge in [0.2, 0.25) is 5.91 Å².